The summed E-state index contributed by atoms with van der Waals surface area (Å²) in [7, 11) is 0. The molecule has 0 unspecified atom stereocenters. The highest BCUT2D eigenvalue weighted by Gasteiger charge is 2.43. The molecule has 0 radical (unpaired) electrons. The number of pyridine rings is 2. The van der Waals surface area contributed by atoms with E-state index in [0.29, 0.717) is 34.7 Å². The molecule has 4 rings (SSSR count). The second-order valence-corrected chi connectivity index (χ2v) is 9.66. The molecule has 0 saturated heterocycles. The van der Waals surface area contributed by atoms with Crippen molar-refractivity contribution in [1.82, 2.24) is 19.9 Å². The first-order valence-corrected chi connectivity index (χ1v) is 10.8. The Kier molecular flexibility index (Phi) is 6.05. The summed E-state index contributed by atoms with van der Waals surface area (Å²) in [5.74, 6) is 2.64. The van der Waals surface area contributed by atoms with Crippen molar-refractivity contribution in [3.8, 4) is 18.1 Å². The van der Waals surface area contributed by atoms with Crippen LogP contribution in [-0.2, 0) is 5.54 Å². The van der Waals surface area contributed by atoms with Crippen LogP contribution in [0.3, 0.4) is 0 Å². The molecule has 0 spiro atoms. The number of ether oxygens (including phenoxy) is 1. The number of hydrogen-bond acceptors (Lipinski definition) is 10. The van der Waals surface area contributed by atoms with Crippen LogP contribution in [0.15, 0.2) is 35.8 Å². The molecule has 0 aliphatic carbocycles. The second kappa shape index (κ2) is 8.80. The summed E-state index contributed by atoms with van der Waals surface area (Å²) < 4.78 is 19.6. The molecule has 3 aromatic rings. The summed E-state index contributed by atoms with van der Waals surface area (Å²) in [6, 6.07) is 3.32. The number of nitrogens with one attached hydrogen (secondary N) is 1. The summed E-state index contributed by atoms with van der Waals surface area (Å²) in [4.78, 5) is 21.3. The summed E-state index contributed by atoms with van der Waals surface area (Å²) in [5.41, 5.74) is 6.79. The van der Waals surface area contributed by atoms with Crippen molar-refractivity contribution < 1.29 is 14.2 Å². The molecular weight excluding hydrogens is 445 g/mol. The van der Waals surface area contributed by atoms with Crippen LogP contribution in [0.4, 0.5) is 15.9 Å². The van der Waals surface area contributed by atoms with Gasteiger partial charge in [0.05, 0.1) is 35.7 Å². The van der Waals surface area contributed by atoms with E-state index in [-0.39, 0.29) is 23.9 Å². The molecule has 1 aliphatic heterocycles. The van der Waals surface area contributed by atoms with E-state index in [9.17, 15) is 9.50 Å². The Morgan fingerprint density at radius 2 is 2.09 bits per heavy atom. The Morgan fingerprint density at radius 3 is 2.85 bits per heavy atom. The molecule has 0 bridgehead atoms. The number of nitrogens with two attached hydrogens (primary N) is 1. The normalized spacial score (nSPS) is 22.5. The molecule has 3 aromatic heterocycles. The minimum Gasteiger partial charge on any atom is -0.479 e. The van der Waals surface area contributed by atoms with E-state index in [1.165, 1.54) is 30.5 Å². The van der Waals surface area contributed by atoms with Crippen molar-refractivity contribution in [3.05, 3.63) is 42.4 Å². The number of fused-ring (bicyclic) bond motifs is 1. The van der Waals surface area contributed by atoms with E-state index < -0.39 is 16.2 Å². The molecule has 0 amide bonds. The fourth-order valence-corrected chi connectivity index (χ4v) is 4.99. The number of aromatic nitrogens is 4. The van der Waals surface area contributed by atoms with Gasteiger partial charge in [-0.25, -0.2) is 19.9 Å². The van der Waals surface area contributed by atoms with Crippen LogP contribution in [0.2, 0.25) is 0 Å². The number of terminal acetylenes is 1. The van der Waals surface area contributed by atoms with E-state index >= 15 is 0 Å². The Balaban J connectivity index is 1.69. The fourth-order valence-electron chi connectivity index (χ4n) is 3.82. The molecule has 170 valence electrons. The molecule has 0 fully saturated rings. The highest BCUT2D eigenvalue weighted by molar-refractivity contribution is 8.15. The summed E-state index contributed by atoms with van der Waals surface area (Å²) in [5, 5.41) is 13.3. The monoisotopic (exact) mass is 467 g/mol. The van der Waals surface area contributed by atoms with Crippen molar-refractivity contribution in [2.45, 2.75) is 30.6 Å². The minimum atomic E-state index is -1.00. The van der Waals surface area contributed by atoms with E-state index in [4.69, 9.17) is 16.9 Å². The first-order chi connectivity index (χ1) is 15.7. The molecule has 33 heavy (non-hydrogen) atoms. The summed E-state index contributed by atoms with van der Waals surface area (Å²) in [6.07, 6.45) is 9.86. The minimum absolute atomic E-state index is 0.118. The van der Waals surface area contributed by atoms with Crippen molar-refractivity contribution in [3.63, 3.8) is 0 Å². The average molecular weight is 468 g/mol. The maximum absolute atomic E-state index is 14.8. The van der Waals surface area contributed by atoms with Crippen LogP contribution in [0.5, 0.6) is 5.75 Å². The maximum Gasteiger partial charge on any atom is 0.218 e. The molecule has 0 saturated carbocycles. The molecule has 4 heterocycles. The van der Waals surface area contributed by atoms with Crippen LogP contribution < -0.4 is 15.8 Å². The molecular formula is C22H22FN7O2S. The van der Waals surface area contributed by atoms with Gasteiger partial charge < -0.3 is 20.9 Å². The Morgan fingerprint density at radius 1 is 1.27 bits per heavy atom. The lowest BCUT2D eigenvalue weighted by molar-refractivity contribution is 0.224. The Labute approximate surface area is 194 Å². The number of aliphatic hydroxyl groups is 1. The van der Waals surface area contributed by atoms with E-state index in [1.54, 1.807) is 19.1 Å². The van der Waals surface area contributed by atoms with Crippen LogP contribution in [0.1, 0.15) is 25.8 Å². The quantitative estimate of drug-likeness (QED) is 0.370. The van der Waals surface area contributed by atoms with Crippen LogP contribution >= 0.6 is 11.8 Å². The van der Waals surface area contributed by atoms with Gasteiger partial charge in [0.25, 0.3) is 0 Å². The van der Waals surface area contributed by atoms with Gasteiger partial charge in [-0.15, -0.1) is 6.42 Å². The number of anilines is 2. The van der Waals surface area contributed by atoms with Gasteiger partial charge in [0, 0.05) is 16.4 Å². The van der Waals surface area contributed by atoms with Crippen molar-refractivity contribution in [1.29, 1.82) is 0 Å². The van der Waals surface area contributed by atoms with Crippen molar-refractivity contribution in [2.75, 3.05) is 18.5 Å². The number of amidine groups is 1. The SMILES string of the molecule is C#CCOc1cnc2c(Nc3cnc(F)c([C@]4(C)C[C@](C)(CO)SC(N)=N4)c3)ncnc2c1. The number of hydrogen-bond donors (Lipinski definition) is 3. The van der Waals surface area contributed by atoms with E-state index in [0.717, 1.165) is 0 Å². The molecule has 0 aromatic carbocycles. The molecule has 2 atom stereocenters. The molecule has 11 heteroatoms. The maximum atomic E-state index is 14.8. The van der Waals surface area contributed by atoms with Gasteiger partial charge in [0.15, 0.2) is 11.0 Å². The molecule has 4 N–H and O–H groups in total. The number of aliphatic imine (C=N–C) groups is 1. The third-order valence-electron chi connectivity index (χ3n) is 5.22. The first kappa shape index (κ1) is 22.7. The lowest BCUT2D eigenvalue weighted by Gasteiger charge is -2.40. The van der Waals surface area contributed by atoms with Gasteiger partial charge in [-0.2, -0.15) is 4.39 Å². The number of nitrogens with zero attached hydrogens (tertiary/aromatic N) is 5. The lowest BCUT2D eigenvalue weighted by atomic mass is 9.84. The zero-order chi connectivity index (χ0) is 23.6. The van der Waals surface area contributed by atoms with Crippen LogP contribution in [-0.4, -0.2) is 48.2 Å². The average Bonchev–Trinajstić information content (AvgIpc) is 2.78. The van der Waals surface area contributed by atoms with E-state index in [2.05, 4.69) is 36.2 Å². The third-order valence-corrected chi connectivity index (χ3v) is 6.28. The zero-order valence-corrected chi connectivity index (χ0v) is 18.9. The number of rotatable bonds is 6. The number of aliphatic hydroxyl groups excluding tert-OH is 1. The number of thioether (sulfide) groups is 1. The van der Waals surface area contributed by atoms with Crippen LogP contribution in [0, 0.1) is 18.3 Å². The van der Waals surface area contributed by atoms with Crippen LogP contribution in [0.25, 0.3) is 11.0 Å². The lowest BCUT2D eigenvalue weighted by Crippen LogP contribution is -2.42. The largest absolute Gasteiger partial charge is 0.479 e. The van der Waals surface area contributed by atoms with Crippen molar-refractivity contribution >= 4 is 39.5 Å². The highest BCUT2D eigenvalue weighted by atomic mass is 32.2. The zero-order valence-electron chi connectivity index (χ0n) is 18.0. The van der Waals surface area contributed by atoms with Gasteiger partial charge in [-0.3, -0.25) is 4.99 Å². The Hall–Kier alpha value is -3.49. The molecule has 9 nitrogen and oxygen atoms in total. The predicted molar refractivity (Wildman–Crippen MR) is 126 cm³/mol. The van der Waals surface area contributed by atoms with E-state index in [1.807, 2.05) is 6.92 Å². The summed E-state index contributed by atoms with van der Waals surface area (Å²) >= 11 is 1.28. The first-order valence-electron chi connectivity index (χ1n) is 10.0. The second-order valence-electron chi connectivity index (χ2n) is 8.05. The highest BCUT2D eigenvalue weighted by Crippen LogP contribution is 2.45. The molecule has 1 aliphatic rings. The smallest absolute Gasteiger partial charge is 0.218 e. The standard InChI is InChI=1S/C22H22FN7O2S/c1-4-5-32-14-7-16-17(25-9-14)19(28-12-27-16)29-13-6-15(18(23)26-8-13)22(3)10-21(2,11-31)33-20(24)30-22/h1,6-9,12,31H,5,10-11H2,2-3H3,(H2,24,30)(H,27,28,29)/t21-,22+/m1/s1. The van der Waals surface area contributed by atoms with Gasteiger partial charge >= 0.3 is 0 Å². The van der Waals surface area contributed by atoms with Gasteiger partial charge in [0.1, 0.15) is 24.2 Å². The topological polar surface area (TPSA) is 131 Å². The van der Waals surface area contributed by atoms with Gasteiger partial charge in [-0.1, -0.05) is 17.7 Å². The van der Waals surface area contributed by atoms with Gasteiger partial charge in [0.2, 0.25) is 5.95 Å². The van der Waals surface area contributed by atoms with Gasteiger partial charge in [-0.05, 0) is 26.3 Å². The predicted octanol–water partition coefficient (Wildman–Crippen LogP) is 2.73. The van der Waals surface area contributed by atoms with Crippen molar-refractivity contribution in [2.24, 2.45) is 10.7 Å². The fraction of sp³-hybridized carbons (Fsp3) is 0.318. The number of halogens is 1. The summed E-state index contributed by atoms with van der Waals surface area (Å²) in [6.45, 7) is 3.64. The third kappa shape index (κ3) is 4.67. The Bertz CT molecular complexity index is 1280.